The molecule has 0 saturated carbocycles. The van der Waals surface area contributed by atoms with E-state index < -0.39 is 0 Å². The minimum absolute atomic E-state index is 0.143. The van der Waals surface area contributed by atoms with Crippen LogP contribution in [0.1, 0.15) is 23.7 Å². The lowest BCUT2D eigenvalue weighted by atomic mass is 10.2. The van der Waals surface area contributed by atoms with Crippen molar-refractivity contribution < 1.29 is 4.74 Å². The first-order valence-corrected chi connectivity index (χ1v) is 5.76. The molecule has 4 nitrogen and oxygen atoms in total. The van der Waals surface area contributed by atoms with Crippen LogP contribution < -0.4 is 10.5 Å². The second kappa shape index (κ2) is 3.89. The van der Waals surface area contributed by atoms with E-state index in [0.29, 0.717) is 0 Å². The van der Waals surface area contributed by atoms with E-state index in [9.17, 15) is 0 Å². The number of hydrogen-bond donors (Lipinski definition) is 1. The third-order valence-corrected chi connectivity index (χ3v) is 3.29. The number of aromatic nitrogens is 2. The Bertz CT molecular complexity index is 547. The van der Waals surface area contributed by atoms with Gasteiger partial charge in [0.15, 0.2) is 0 Å². The SMILES string of the molecule is COc1cccc(-n2ncc3c2CCC3N)c1. The zero-order valence-electron chi connectivity index (χ0n) is 9.76. The summed E-state index contributed by atoms with van der Waals surface area (Å²) in [6.45, 7) is 0. The molecule has 0 aliphatic heterocycles. The quantitative estimate of drug-likeness (QED) is 0.854. The van der Waals surface area contributed by atoms with Crippen LogP contribution >= 0.6 is 0 Å². The van der Waals surface area contributed by atoms with Gasteiger partial charge in [-0.1, -0.05) is 6.07 Å². The Morgan fingerprint density at radius 3 is 3.18 bits per heavy atom. The van der Waals surface area contributed by atoms with Crippen LogP contribution in [-0.4, -0.2) is 16.9 Å². The van der Waals surface area contributed by atoms with Crippen LogP contribution in [0.3, 0.4) is 0 Å². The highest BCUT2D eigenvalue weighted by atomic mass is 16.5. The van der Waals surface area contributed by atoms with Crippen LogP contribution in [0.25, 0.3) is 5.69 Å². The van der Waals surface area contributed by atoms with Gasteiger partial charge in [0.2, 0.25) is 0 Å². The smallest absolute Gasteiger partial charge is 0.121 e. The highest BCUT2D eigenvalue weighted by molar-refractivity contribution is 5.42. The lowest BCUT2D eigenvalue weighted by Crippen LogP contribution is -2.03. The fourth-order valence-electron chi connectivity index (χ4n) is 2.36. The zero-order valence-corrected chi connectivity index (χ0v) is 9.76. The minimum Gasteiger partial charge on any atom is -0.497 e. The second-order valence-corrected chi connectivity index (χ2v) is 4.31. The normalized spacial score (nSPS) is 18.1. The maximum atomic E-state index is 6.02. The standard InChI is InChI=1S/C13H15N3O/c1-17-10-4-2-3-9(7-10)16-13-6-5-12(14)11(13)8-15-16/h2-4,7-8,12H,5-6,14H2,1H3. The average molecular weight is 229 g/mol. The Morgan fingerprint density at radius 2 is 2.35 bits per heavy atom. The molecule has 0 fully saturated rings. The van der Waals surface area contributed by atoms with Gasteiger partial charge in [0.25, 0.3) is 0 Å². The van der Waals surface area contributed by atoms with E-state index in [1.165, 1.54) is 11.3 Å². The highest BCUT2D eigenvalue weighted by Gasteiger charge is 2.24. The fraction of sp³-hybridized carbons (Fsp3) is 0.308. The van der Waals surface area contributed by atoms with Crippen molar-refractivity contribution >= 4 is 0 Å². The highest BCUT2D eigenvalue weighted by Crippen LogP contribution is 2.31. The summed E-state index contributed by atoms with van der Waals surface area (Å²) in [5.74, 6) is 0.842. The number of fused-ring (bicyclic) bond motifs is 1. The van der Waals surface area contributed by atoms with Crippen molar-refractivity contribution in [2.24, 2.45) is 5.73 Å². The molecule has 2 aromatic rings. The zero-order chi connectivity index (χ0) is 11.8. The molecule has 0 spiro atoms. The Labute approximate surface area is 100 Å². The summed E-state index contributed by atoms with van der Waals surface area (Å²) in [4.78, 5) is 0. The second-order valence-electron chi connectivity index (χ2n) is 4.31. The summed E-state index contributed by atoms with van der Waals surface area (Å²) < 4.78 is 7.19. The van der Waals surface area contributed by atoms with Crippen molar-refractivity contribution in [3.63, 3.8) is 0 Å². The van der Waals surface area contributed by atoms with Gasteiger partial charge in [-0.3, -0.25) is 0 Å². The number of ether oxygens (including phenoxy) is 1. The summed E-state index contributed by atoms with van der Waals surface area (Å²) in [7, 11) is 1.67. The molecule has 2 N–H and O–H groups in total. The van der Waals surface area contributed by atoms with Gasteiger partial charge in [0.05, 0.1) is 19.0 Å². The maximum absolute atomic E-state index is 6.02. The van der Waals surface area contributed by atoms with E-state index >= 15 is 0 Å². The molecular weight excluding hydrogens is 214 g/mol. The number of nitrogens with two attached hydrogens (primary N) is 1. The first-order valence-electron chi connectivity index (χ1n) is 5.76. The van der Waals surface area contributed by atoms with E-state index in [1.807, 2.05) is 35.1 Å². The molecule has 17 heavy (non-hydrogen) atoms. The van der Waals surface area contributed by atoms with Crippen LogP contribution in [0, 0.1) is 0 Å². The fourth-order valence-corrected chi connectivity index (χ4v) is 2.36. The molecule has 1 atom stereocenters. The first-order chi connectivity index (χ1) is 8.29. The first kappa shape index (κ1) is 10.4. The summed E-state index contributed by atoms with van der Waals surface area (Å²) in [6.07, 6.45) is 3.89. The topological polar surface area (TPSA) is 53.1 Å². The molecule has 1 aromatic heterocycles. The maximum Gasteiger partial charge on any atom is 0.121 e. The van der Waals surface area contributed by atoms with E-state index in [-0.39, 0.29) is 6.04 Å². The summed E-state index contributed by atoms with van der Waals surface area (Å²) >= 11 is 0. The van der Waals surface area contributed by atoms with Crippen molar-refractivity contribution in [1.82, 2.24) is 9.78 Å². The predicted molar refractivity (Wildman–Crippen MR) is 65.4 cm³/mol. The molecule has 1 aliphatic rings. The van der Waals surface area contributed by atoms with Crippen molar-refractivity contribution in [3.05, 3.63) is 41.7 Å². The number of hydrogen-bond acceptors (Lipinski definition) is 3. The molecule has 4 heteroatoms. The van der Waals surface area contributed by atoms with Crippen LogP contribution in [0.5, 0.6) is 5.75 Å². The van der Waals surface area contributed by atoms with E-state index in [4.69, 9.17) is 10.5 Å². The van der Waals surface area contributed by atoms with Gasteiger partial charge < -0.3 is 10.5 Å². The van der Waals surface area contributed by atoms with Crippen molar-refractivity contribution in [3.8, 4) is 11.4 Å². The van der Waals surface area contributed by atoms with Gasteiger partial charge in [0, 0.05) is 23.4 Å². The van der Waals surface area contributed by atoms with Crippen molar-refractivity contribution in [2.45, 2.75) is 18.9 Å². The largest absolute Gasteiger partial charge is 0.497 e. The third-order valence-electron chi connectivity index (χ3n) is 3.29. The minimum atomic E-state index is 0.143. The molecule has 0 bridgehead atoms. The van der Waals surface area contributed by atoms with Gasteiger partial charge in [-0.15, -0.1) is 0 Å². The lowest BCUT2D eigenvalue weighted by molar-refractivity contribution is 0.414. The van der Waals surface area contributed by atoms with Crippen LogP contribution in [0.15, 0.2) is 30.5 Å². The van der Waals surface area contributed by atoms with Gasteiger partial charge in [0.1, 0.15) is 5.75 Å². The summed E-state index contributed by atoms with van der Waals surface area (Å²) in [6, 6.07) is 8.05. The molecule has 1 heterocycles. The number of nitrogens with zero attached hydrogens (tertiary/aromatic N) is 2. The molecule has 0 radical (unpaired) electrons. The monoisotopic (exact) mass is 229 g/mol. The van der Waals surface area contributed by atoms with Gasteiger partial charge in [-0.25, -0.2) is 4.68 Å². The van der Waals surface area contributed by atoms with E-state index in [2.05, 4.69) is 5.10 Å². The van der Waals surface area contributed by atoms with Crippen LogP contribution in [-0.2, 0) is 6.42 Å². The van der Waals surface area contributed by atoms with Crippen molar-refractivity contribution in [1.29, 1.82) is 0 Å². The number of benzene rings is 1. The molecule has 0 saturated heterocycles. The van der Waals surface area contributed by atoms with Gasteiger partial charge in [-0.05, 0) is 25.0 Å². The molecule has 3 rings (SSSR count). The van der Waals surface area contributed by atoms with Crippen LogP contribution in [0.2, 0.25) is 0 Å². The van der Waals surface area contributed by atoms with Gasteiger partial charge >= 0.3 is 0 Å². The number of rotatable bonds is 2. The molecule has 1 unspecified atom stereocenters. The Hall–Kier alpha value is -1.81. The Morgan fingerprint density at radius 1 is 1.47 bits per heavy atom. The Kier molecular flexibility index (Phi) is 2.37. The lowest BCUT2D eigenvalue weighted by Gasteiger charge is -2.07. The summed E-state index contributed by atoms with van der Waals surface area (Å²) in [5, 5.41) is 4.41. The van der Waals surface area contributed by atoms with E-state index in [0.717, 1.165) is 24.3 Å². The predicted octanol–water partition coefficient (Wildman–Crippen LogP) is 1.83. The number of methoxy groups -OCH3 is 1. The molecule has 88 valence electrons. The molecule has 1 aromatic carbocycles. The Balaban J connectivity index is 2.07. The molecule has 0 amide bonds. The van der Waals surface area contributed by atoms with Gasteiger partial charge in [-0.2, -0.15) is 5.10 Å². The molecule has 1 aliphatic carbocycles. The van der Waals surface area contributed by atoms with E-state index in [1.54, 1.807) is 7.11 Å². The van der Waals surface area contributed by atoms with Crippen molar-refractivity contribution in [2.75, 3.05) is 7.11 Å². The third kappa shape index (κ3) is 1.61. The summed E-state index contributed by atoms with van der Waals surface area (Å²) in [5.41, 5.74) is 9.44. The molecular formula is C13H15N3O. The average Bonchev–Trinajstić information content (AvgIpc) is 2.93. The van der Waals surface area contributed by atoms with Crippen LogP contribution in [0.4, 0.5) is 0 Å².